The zero-order valence-electron chi connectivity index (χ0n) is 13.2. The second-order valence-corrected chi connectivity index (χ2v) is 6.81. The number of halogens is 1. The Labute approximate surface area is 151 Å². The third kappa shape index (κ3) is 4.44. The van der Waals surface area contributed by atoms with Gasteiger partial charge in [-0.25, -0.2) is 0 Å². The maximum atomic E-state index is 12.3. The van der Waals surface area contributed by atoms with Gasteiger partial charge in [-0.05, 0) is 24.3 Å². The van der Waals surface area contributed by atoms with E-state index in [0.717, 1.165) is 29.4 Å². The van der Waals surface area contributed by atoms with Gasteiger partial charge < -0.3 is 15.0 Å². The Morgan fingerprint density at radius 3 is 2.62 bits per heavy atom. The average molecular weight is 363 g/mol. The van der Waals surface area contributed by atoms with Crippen LogP contribution >= 0.6 is 23.4 Å². The highest BCUT2D eigenvalue weighted by molar-refractivity contribution is 8.00. The summed E-state index contributed by atoms with van der Waals surface area (Å²) in [5, 5.41) is 3.68. The molecule has 0 unspecified atom stereocenters. The molecule has 24 heavy (non-hydrogen) atoms. The normalized spacial score (nSPS) is 14.5. The number of amides is 1. The molecule has 1 heterocycles. The lowest BCUT2D eigenvalue weighted by Crippen LogP contribution is -2.36. The molecule has 3 rings (SSSR count). The quantitative estimate of drug-likeness (QED) is 0.819. The molecule has 6 heteroatoms. The average Bonchev–Trinajstić information content (AvgIpc) is 2.62. The monoisotopic (exact) mass is 362 g/mol. The van der Waals surface area contributed by atoms with Crippen molar-refractivity contribution in [2.24, 2.45) is 0 Å². The van der Waals surface area contributed by atoms with Crippen LogP contribution < -0.4 is 10.2 Å². The number of rotatable bonds is 5. The van der Waals surface area contributed by atoms with Gasteiger partial charge in [-0.15, -0.1) is 11.8 Å². The number of carbonyl (C=O) groups is 1. The molecular formula is C18H19ClN2O2S. The van der Waals surface area contributed by atoms with E-state index in [4.69, 9.17) is 16.3 Å². The van der Waals surface area contributed by atoms with Gasteiger partial charge in [0.15, 0.2) is 0 Å². The predicted molar refractivity (Wildman–Crippen MR) is 100 cm³/mol. The first-order chi connectivity index (χ1) is 11.7. The second-order valence-electron chi connectivity index (χ2n) is 5.38. The molecule has 1 aliphatic heterocycles. The van der Waals surface area contributed by atoms with Crippen LogP contribution in [0.5, 0.6) is 0 Å². The standard InChI is InChI=1S/C18H19ClN2O2S/c19-14-5-1-4-8-17(14)24-13-18(22)20-15-6-2-3-7-16(15)21-9-11-23-12-10-21/h1-8H,9-13H2,(H,20,22). The fourth-order valence-corrected chi connectivity index (χ4v) is 3.59. The summed E-state index contributed by atoms with van der Waals surface area (Å²) in [7, 11) is 0. The van der Waals surface area contributed by atoms with Gasteiger partial charge in [0, 0.05) is 18.0 Å². The minimum atomic E-state index is -0.0411. The largest absolute Gasteiger partial charge is 0.378 e. The van der Waals surface area contributed by atoms with Crippen molar-refractivity contribution >= 4 is 40.6 Å². The Kier molecular flexibility index (Phi) is 6.01. The van der Waals surface area contributed by atoms with E-state index in [-0.39, 0.29) is 5.91 Å². The molecule has 1 amide bonds. The third-order valence-corrected chi connectivity index (χ3v) is 5.24. The van der Waals surface area contributed by atoms with Crippen molar-refractivity contribution in [1.29, 1.82) is 0 Å². The third-order valence-electron chi connectivity index (χ3n) is 3.73. The summed E-state index contributed by atoms with van der Waals surface area (Å²) in [6, 6.07) is 15.4. The number of hydrogen-bond donors (Lipinski definition) is 1. The number of hydrogen-bond acceptors (Lipinski definition) is 4. The highest BCUT2D eigenvalue weighted by Gasteiger charge is 2.15. The molecule has 4 nitrogen and oxygen atoms in total. The first-order valence-corrected chi connectivity index (χ1v) is 9.19. The number of ether oxygens (including phenoxy) is 1. The van der Waals surface area contributed by atoms with Gasteiger partial charge in [0.1, 0.15) is 0 Å². The fraction of sp³-hybridized carbons (Fsp3) is 0.278. The number of anilines is 2. The van der Waals surface area contributed by atoms with E-state index in [2.05, 4.69) is 10.2 Å². The summed E-state index contributed by atoms with van der Waals surface area (Å²) >= 11 is 7.56. The predicted octanol–water partition coefficient (Wildman–Crippen LogP) is 3.91. The molecular weight excluding hydrogens is 344 g/mol. The molecule has 2 aromatic rings. The van der Waals surface area contributed by atoms with Crippen molar-refractivity contribution in [2.75, 3.05) is 42.3 Å². The Balaban J connectivity index is 1.63. The van der Waals surface area contributed by atoms with Gasteiger partial charge in [0.2, 0.25) is 5.91 Å². The van der Waals surface area contributed by atoms with Gasteiger partial charge in [-0.3, -0.25) is 4.79 Å². The van der Waals surface area contributed by atoms with E-state index in [0.29, 0.717) is 24.0 Å². The Morgan fingerprint density at radius 2 is 1.83 bits per heavy atom. The van der Waals surface area contributed by atoms with E-state index < -0.39 is 0 Å². The summed E-state index contributed by atoms with van der Waals surface area (Å²) in [4.78, 5) is 15.5. The minimum Gasteiger partial charge on any atom is -0.378 e. The van der Waals surface area contributed by atoms with Gasteiger partial charge in [-0.2, -0.15) is 0 Å². The molecule has 1 aliphatic rings. The Morgan fingerprint density at radius 1 is 1.12 bits per heavy atom. The topological polar surface area (TPSA) is 41.6 Å². The number of morpholine rings is 1. The molecule has 1 fully saturated rings. The molecule has 0 bridgehead atoms. The van der Waals surface area contributed by atoms with Crippen molar-refractivity contribution in [3.8, 4) is 0 Å². The van der Waals surface area contributed by atoms with Crippen LogP contribution in [-0.2, 0) is 9.53 Å². The van der Waals surface area contributed by atoms with E-state index in [9.17, 15) is 4.79 Å². The molecule has 126 valence electrons. The minimum absolute atomic E-state index is 0.0411. The van der Waals surface area contributed by atoms with Crippen LogP contribution in [0.25, 0.3) is 0 Å². The SMILES string of the molecule is O=C(CSc1ccccc1Cl)Nc1ccccc1N1CCOCC1. The van der Waals surface area contributed by atoms with Crippen LogP contribution in [0.1, 0.15) is 0 Å². The smallest absolute Gasteiger partial charge is 0.234 e. The molecule has 1 saturated heterocycles. The summed E-state index contributed by atoms with van der Waals surface area (Å²) in [5.74, 6) is 0.280. The van der Waals surface area contributed by atoms with Crippen molar-refractivity contribution in [1.82, 2.24) is 0 Å². The number of benzene rings is 2. The summed E-state index contributed by atoms with van der Waals surface area (Å²) in [6.07, 6.45) is 0. The van der Waals surface area contributed by atoms with Gasteiger partial charge in [0.25, 0.3) is 0 Å². The lowest BCUT2D eigenvalue weighted by atomic mass is 10.2. The highest BCUT2D eigenvalue weighted by atomic mass is 35.5. The molecule has 0 saturated carbocycles. The first kappa shape index (κ1) is 17.1. The van der Waals surface area contributed by atoms with Crippen LogP contribution in [0.4, 0.5) is 11.4 Å². The summed E-state index contributed by atoms with van der Waals surface area (Å²) in [5.41, 5.74) is 1.88. The highest BCUT2D eigenvalue weighted by Crippen LogP contribution is 2.28. The molecule has 0 aliphatic carbocycles. The maximum Gasteiger partial charge on any atom is 0.234 e. The number of nitrogens with one attached hydrogen (secondary N) is 1. The van der Waals surface area contributed by atoms with Crippen molar-refractivity contribution < 1.29 is 9.53 Å². The van der Waals surface area contributed by atoms with Crippen molar-refractivity contribution in [2.45, 2.75) is 4.90 Å². The molecule has 1 N–H and O–H groups in total. The van der Waals surface area contributed by atoms with E-state index >= 15 is 0 Å². The lowest BCUT2D eigenvalue weighted by molar-refractivity contribution is -0.113. The Bertz CT molecular complexity index is 705. The molecule has 0 atom stereocenters. The summed E-state index contributed by atoms with van der Waals surface area (Å²) in [6.45, 7) is 3.10. The Hall–Kier alpha value is -1.69. The van der Waals surface area contributed by atoms with Crippen LogP contribution in [0.2, 0.25) is 5.02 Å². The number of thioether (sulfide) groups is 1. The number of carbonyl (C=O) groups excluding carboxylic acids is 1. The van der Waals surface area contributed by atoms with Crippen molar-refractivity contribution in [3.63, 3.8) is 0 Å². The van der Waals surface area contributed by atoms with Crippen LogP contribution in [-0.4, -0.2) is 38.0 Å². The lowest BCUT2D eigenvalue weighted by Gasteiger charge is -2.30. The van der Waals surface area contributed by atoms with E-state index in [1.165, 1.54) is 11.8 Å². The number of nitrogens with zero attached hydrogens (tertiary/aromatic N) is 1. The zero-order valence-corrected chi connectivity index (χ0v) is 14.8. The zero-order chi connectivity index (χ0) is 16.8. The second kappa shape index (κ2) is 8.42. The fourth-order valence-electron chi connectivity index (χ4n) is 2.55. The van der Waals surface area contributed by atoms with Gasteiger partial charge in [0.05, 0.1) is 35.4 Å². The molecule has 2 aromatic carbocycles. The maximum absolute atomic E-state index is 12.3. The summed E-state index contributed by atoms with van der Waals surface area (Å²) < 4.78 is 5.40. The van der Waals surface area contributed by atoms with Crippen LogP contribution in [0.3, 0.4) is 0 Å². The first-order valence-electron chi connectivity index (χ1n) is 7.83. The molecule has 0 spiro atoms. The number of para-hydroxylation sites is 2. The van der Waals surface area contributed by atoms with Crippen molar-refractivity contribution in [3.05, 3.63) is 53.6 Å². The molecule has 0 radical (unpaired) electrons. The van der Waals surface area contributed by atoms with E-state index in [1.807, 2.05) is 48.5 Å². The van der Waals surface area contributed by atoms with E-state index in [1.54, 1.807) is 0 Å². The molecule has 0 aromatic heterocycles. The van der Waals surface area contributed by atoms with Gasteiger partial charge in [-0.1, -0.05) is 35.9 Å². The van der Waals surface area contributed by atoms with Crippen LogP contribution in [0.15, 0.2) is 53.4 Å². The van der Waals surface area contributed by atoms with Gasteiger partial charge >= 0.3 is 0 Å². The van der Waals surface area contributed by atoms with Crippen LogP contribution in [0, 0.1) is 0 Å².